The van der Waals surface area contributed by atoms with Crippen molar-refractivity contribution in [2.45, 2.75) is 12.3 Å². The summed E-state index contributed by atoms with van der Waals surface area (Å²) in [5.41, 5.74) is 15.2. The van der Waals surface area contributed by atoms with E-state index >= 15 is 0 Å². The highest BCUT2D eigenvalue weighted by Gasteiger charge is 2.40. The second-order valence-electron chi connectivity index (χ2n) is 13.5. The molecule has 0 amide bonds. The van der Waals surface area contributed by atoms with Gasteiger partial charge in [0.15, 0.2) is 5.82 Å². The van der Waals surface area contributed by atoms with Crippen LogP contribution in [0, 0.1) is 0 Å². The molecule has 10 rings (SSSR count). The van der Waals surface area contributed by atoms with Crippen LogP contribution in [0.15, 0.2) is 180 Å². The van der Waals surface area contributed by atoms with E-state index in [9.17, 15) is 0 Å². The van der Waals surface area contributed by atoms with E-state index in [0.29, 0.717) is 5.82 Å². The van der Waals surface area contributed by atoms with Gasteiger partial charge < -0.3 is 4.42 Å². The summed E-state index contributed by atoms with van der Waals surface area (Å²) >= 11 is 0. The quantitative estimate of drug-likeness (QED) is 0.186. The highest BCUT2D eigenvalue weighted by atomic mass is 16.3. The third kappa shape index (κ3) is 4.66. The van der Waals surface area contributed by atoms with Crippen LogP contribution >= 0.6 is 0 Å². The number of para-hydroxylation sites is 1. The average Bonchev–Trinajstić information content (AvgIpc) is 3.72. The first-order valence-corrected chi connectivity index (χ1v) is 17.4. The Morgan fingerprint density at radius 2 is 1.06 bits per heavy atom. The predicted octanol–water partition coefficient (Wildman–Crippen LogP) is 12.4. The maximum absolute atomic E-state index is 6.24. The van der Waals surface area contributed by atoms with E-state index in [0.717, 1.165) is 50.0 Å². The lowest BCUT2D eigenvalue weighted by Gasteiger charge is -2.28. The minimum absolute atomic E-state index is 0.239. The molecular formula is C48H32N2O. The van der Waals surface area contributed by atoms with Gasteiger partial charge in [-0.3, -0.25) is 0 Å². The molecule has 1 aliphatic rings. The lowest BCUT2D eigenvalue weighted by molar-refractivity contribution is 0.669. The van der Waals surface area contributed by atoms with E-state index in [-0.39, 0.29) is 5.41 Å². The first kappa shape index (κ1) is 29.3. The summed E-state index contributed by atoms with van der Waals surface area (Å²) in [7, 11) is 0. The fraction of sp³-hybridized carbons (Fsp3) is 0.0417. The molecular weight excluding hydrogens is 621 g/mol. The molecule has 0 N–H and O–H groups in total. The zero-order valence-electron chi connectivity index (χ0n) is 28.0. The van der Waals surface area contributed by atoms with Gasteiger partial charge in [0.2, 0.25) is 0 Å². The molecule has 0 fully saturated rings. The molecule has 1 atom stereocenters. The molecule has 0 spiro atoms. The van der Waals surface area contributed by atoms with Gasteiger partial charge in [0, 0.05) is 32.9 Å². The normalized spacial score (nSPS) is 14.8. The molecule has 0 aliphatic heterocycles. The van der Waals surface area contributed by atoms with Gasteiger partial charge in [0.1, 0.15) is 11.2 Å². The van der Waals surface area contributed by atoms with Gasteiger partial charge >= 0.3 is 0 Å². The molecule has 1 aliphatic carbocycles. The minimum atomic E-state index is -0.239. The molecule has 0 saturated heterocycles. The fourth-order valence-corrected chi connectivity index (χ4v) is 8.02. The van der Waals surface area contributed by atoms with Gasteiger partial charge in [0.05, 0.1) is 11.4 Å². The van der Waals surface area contributed by atoms with Crippen LogP contribution in [-0.2, 0) is 5.41 Å². The molecule has 2 heterocycles. The number of aromatic nitrogens is 2. The smallest absolute Gasteiger partial charge is 0.160 e. The minimum Gasteiger partial charge on any atom is -0.456 e. The van der Waals surface area contributed by atoms with Crippen molar-refractivity contribution in [3.63, 3.8) is 0 Å². The standard InChI is InChI=1S/C48H32N2O/c1-48(35-15-6-3-7-16-35)40-20-10-8-17-36(40)37-28-27-34(29-41(37)48)31-23-25-32(26-24-31)42-30-43(50-47(49-42)33-13-4-2-5-14-33)38-19-12-22-45-46(38)39-18-9-11-21-44(39)51-45/h2-30H,1H3. The van der Waals surface area contributed by atoms with E-state index in [1.807, 2.05) is 42.5 Å². The number of furan rings is 1. The van der Waals surface area contributed by atoms with Crippen LogP contribution in [-0.4, -0.2) is 9.97 Å². The lowest BCUT2D eigenvalue weighted by atomic mass is 9.74. The number of hydrogen-bond acceptors (Lipinski definition) is 3. The maximum Gasteiger partial charge on any atom is 0.160 e. The molecule has 0 radical (unpaired) electrons. The topological polar surface area (TPSA) is 38.9 Å². The number of rotatable bonds is 5. The van der Waals surface area contributed by atoms with E-state index < -0.39 is 0 Å². The SMILES string of the molecule is CC1(c2ccccc2)c2ccccc2-c2ccc(-c3ccc(-c4cc(-c5cccc6oc7ccccc7c56)nc(-c5ccccc5)n4)cc3)cc21. The summed E-state index contributed by atoms with van der Waals surface area (Å²) in [5.74, 6) is 0.690. The van der Waals surface area contributed by atoms with Crippen molar-refractivity contribution in [3.05, 3.63) is 193 Å². The number of benzene rings is 7. The Bertz CT molecular complexity index is 2750. The van der Waals surface area contributed by atoms with Gasteiger partial charge in [-0.15, -0.1) is 0 Å². The predicted molar refractivity (Wildman–Crippen MR) is 208 cm³/mol. The van der Waals surface area contributed by atoms with Crippen molar-refractivity contribution >= 4 is 21.9 Å². The molecule has 0 bridgehead atoms. The largest absolute Gasteiger partial charge is 0.456 e. The van der Waals surface area contributed by atoms with Crippen LogP contribution in [0.4, 0.5) is 0 Å². The zero-order chi connectivity index (χ0) is 33.9. The maximum atomic E-state index is 6.24. The summed E-state index contributed by atoms with van der Waals surface area (Å²) in [6.45, 7) is 2.36. The summed E-state index contributed by atoms with van der Waals surface area (Å²) in [5, 5.41) is 2.14. The molecule has 3 heteroatoms. The Morgan fingerprint density at radius 3 is 1.90 bits per heavy atom. The van der Waals surface area contributed by atoms with Crippen molar-refractivity contribution in [3.8, 4) is 56.2 Å². The molecule has 2 aromatic heterocycles. The van der Waals surface area contributed by atoms with Crippen molar-refractivity contribution in [2.24, 2.45) is 0 Å². The molecule has 7 aromatic carbocycles. The van der Waals surface area contributed by atoms with Crippen molar-refractivity contribution in [1.82, 2.24) is 9.97 Å². The Morgan fingerprint density at radius 1 is 0.431 bits per heavy atom. The second kappa shape index (κ2) is 11.5. The van der Waals surface area contributed by atoms with Crippen LogP contribution in [0.25, 0.3) is 78.1 Å². The average molecular weight is 653 g/mol. The van der Waals surface area contributed by atoms with Crippen LogP contribution in [0.5, 0.6) is 0 Å². The highest BCUT2D eigenvalue weighted by molar-refractivity contribution is 6.12. The molecule has 9 aromatic rings. The van der Waals surface area contributed by atoms with Gasteiger partial charge in [-0.1, -0.05) is 152 Å². The summed E-state index contributed by atoms with van der Waals surface area (Å²) < 4.78 is 6.24. The van der Waals surface area contributed by atoms with E-state index in [2.05, 4.69) is 140 Å². The Labute approximate surface area is 296 Å². The van der Waals surface area contributed by atoms with Gasteiger partial charge in [-0.25, -0.2) is 9.97 Å². The molecule has 51 heavy (non-hydrogen) atoms. The molecule has 3 nitrogen and oxygen atoms in total. The van der Waals surface area contributed by atoms with E-state index in [1.165, 1.54) is 38.9 Å². The molecule has 1 unspecified atom stereocenters. The Hall–Kier alpha value is -6.58. The summed E-state index contributed by atoms with van der Waals surface area (Å²) in [4.78, 5) is 10.3. The molecule has 240 valence electrons. The van der Waals surface area contributed by atoms with Gasteiger partial charge in [-0.05, 0) is 70.1 Å². The van der Waals surface area contributed by atoms with Crippen LogP contribution in [0.2, 0.25) is 0 Å². The zero-order valence-corrected chi connectivity index (χ0v) is 28.0. The number of fused-ring (bicyclic) bond motifs is 6. The number of hydrogen-bond donors (Lipinski definition) is 0. The Balaban J connectivity index is 1.08. The van der Waals surface area contributed by atoms with Crippen LogP contribution in [0.1, 0.15) is 23.6 Å². The first-order valence-electron chi connectivity index (χ1n) is 17.4. The van der Waals surface area contributed by atoms with E-state index in [1.54, 1.807) is 0 Å². The number of nitrogens with zero attached hydrogens (tertiary/aromatic N) is 2. The van der Waals surface area contributed by atoms with Crippen LogP contribution in [0.3, 0.4) is 0 Å². The van der Waals surface area contributed by atoms with Crippen LogP contribution < -0.4 is 0 Å². The third-order valence-electron chi connectivity index (χ3n) is 10.6. The molecule has 0 saturated carbocycles. The first-order chi connectivity index (χ1) is 25.1. The van der Waals surface area contributed by atoms with Crippen molar-refractivity contribution in [1.29, 1.82) is 0 Å². The lowest BCUT2D eigenvalue weighted by Crippen LogP contribution is -2.22. The van der Waals surface area contributed by atoms with Gasteiger partial charge in [0.25, 0.3) is 0 Å². The van der Waals surface area contributed by atoms with Crippen molar-refractivity contribution < 1.29 is 4.42 Å². The third-order valence-corrected chi connectivity index (χ3v) is 10.6. The van der Waals surface area contributed by atoms with Crippen molar-refractivity contribution in [2.75, 3.05) is 0 Å². The monoisotopic (exact) mass is 652 g/mol. The van der Waals surface area contributed by atoms with Gasteiger partial charge in [-0.2, -0.15) is 0 Å². The Kier molecular flexibility index (Phi) is 6.62. The highest BCUT2D eigenvalue weighted by Crippen LogP contribution is 2.53. The summed E-state index contributed by atoms with van der Waals surface area (Å²) in [6, 6.07) is 62.2. The second-order valence-corrected chi connectivity index (χ2v) is 13.5. The summed E-state index contributed by atoms with van der Waals surface area (Å²) in [6.07, 6.45) is 0. The fourth-order valence-electron chi connectivity index (χ4n) is 8.02. The van der Waals surface area contributed by atoms with E-state index in [4.69, 9.17) is 14.4 Å².